The van der Waals surface area contributed by atoms with Gasteiger partial charge in [-0.3, -0.25) is 10.1 Å². The average molecular weight is 274 g/mol. The molecule has 5 nitrogen and oxygen atoms in total. The summed E-state index contributed by atoms with van der Waals surface area (Å²) in [6.45, 7) is 2.11. The van der Waals surface area contributed by atoms with Crippen molar-refractivity contribution in [3.05, 3.63) is 44.6 Å². The van der Waals surface area contributed by atoms with Gasteiger partial charge in [0.05, 0.1) is 4.92 Å². The van der Waals surface area contributed by atoms with Gasteiger partial charge in [0.25, 0.3) is 5.69 Å². The Kier molecular flexibility index (Phi) is 3.00. The number of nitrogens with zero attached hydrogens (tertiary/aromatic N) is 2. The molecule has 0 N–H and O–H groups in total. The number of rotatable bonds is 1. The molecule has 0 bridgehead atoms. The van der Waals surface area contributed by atoms with Gasteiger partial charge in [0.2, 0.25) is 0 Å². The van der Waals surface area contributed by atoms with Gasteiger partial charge in [-0.1, -0.05) is 13.0 Å². The minimum absolute atomic E-state index is 0.0444. The third-order valence-corrected chi connectivity index (χ3v) is 4.76. The molecule has 20 heavy (non-hydrogen) atoms. The van der Waals surface area contributed by atoms with Crippen molar-refractivity contribution >= 4 is 11.9 Å². The third kappa shape index (κ3) is 1.97. The number of nitro benzene ring substituents is 1. The largest absolute Gasteiger partial charge is 0.623 e. The number of hydroxylamine groups is 1. The van der Waals surface area contributed by atoms with Crippen LogP contribution < -0.4 is 0 Å². The molecule has 1 unspecified atom stereocenters. The van der Waals surface area contributed by atoms with Crippen LogP contribution in [0.2, 0.25) is 0 Å². The van der Waals surface area contributed by atoms with Crippen LogP contribution in [0.15, 0.2) is 18.2 Å². The highest BCUT2D eigenvalue weighted by Gasteiger charge is 2.44. The molecule has 1 aromatic carbocycles. The predicted octanol–water partition coefficient (Wildman–Crippen LogP) is 3.34. The molecule has 1 aliphatic heterocycles. The summed E-state index contributed by atoms with van der Waals surface area (Å²) in [5, 5.41) is 23.4. The lowest BCUT2D eigenvalue weighted by Crippen LogP contribution is -2.37. The number of benzene rings is 1. The van der Waals surface area contributed by atoms with Crippen LogP contribution in [-0.4, -0.2) is 21.4 Å². The second-order valence-electron chi connectivity index (χ2n) is 6.06. The van der Waals surface area contributed by atoms with E-state index in [1.54, 1.807) is 12.3 Å². The van der Waals surface area contributed by atoms with E-state index < -0.39 is 4.92 Å². The first-order valence-corrected chi connectivity index (χ1v) is 7.11. The first-order valence-electron chi connectivity index (χ1n) is 7.11. The lowest BCUT2D eigenvalue weighted by molar-refractivity contribution is -0.545. The fraction of sp³-hybridized carbons (Fsp3) is 0.533. The number of fused-ring (bicyclic) bond motifs is 1. The van der Waals surface area contributed by atoms with Crippen molar-refractivity contribution in [2.24, 2.45) is 0 Å². The van der Waals surface area contributed by atoms with Gasteiger partial charge in [0.1, 0.15) is 0 Å². The fourth-order valence-corrected chi connectivity index (χ4v) is 3.73. The lowest BCUT2D eigenvalue weighted by atomic mass is 9.83. The maximum absolute atomic E-state index is 12.5. The topological polar surface area (TPSA) is 69.2 Å². The van der Waals surface area contributed by atoms with E-state index in [0.29, 0.717) is 5.56 Å². The minimum Gasteiger partial charge on any atom is -0.623 e. The Labute approximate surface area is 117 Å². The Morgan fingerprint density at radius 1 is 1.35 bits per heavy atom. The van der Waals surface area contributed by atoms with Crippen LogP contribution in [0.1, 0.15) is 56.1 Å². The summed E-state index contributed by atoms with van der Waals surface area (Å²) < 4.78 is 1.08. The van der Waals surface area contributed by atoms with Crippen molar-refractivity contribution in [1.29, 1.82) is 0 Å². The van der Waals surface area contributed by atoms with Crippen LogP contribution in [0.4, 0.5) is 5.69 Å². The maximum Gasteiger partial charge on any atom is 0.270 e. The monoisotopic (exact) mass is 274 g/mol. The molecule has 106 valence electrons. The summed E-state index contributed by atoms with van der Waals surface area (Å²) in [4.78, 5) is 10.5. The van der Waals surface area contributed by atoms with Gasteiger partial charge in [0.15, 0.2) is 11.8 Å². The quantitative estimate of drug-likeness (QED) is 0.341. The summed E-state index contributed by atoms with van der Waals surface area (Å²) in [7, 11) is 0. The molecule has 3 rings (SSSR count). The molecular weight excluding hydrogens is 256 g/mol. The molecule has 1 spiro atoms. The van der Waals surface area contributed by atoms with E-state index in [1.807, 2.05) is 0 Å². The minimum atomic E-state index is -0.413. The molecule has 1 saturated carbocycles. The highest BCUT2D eigenvalue weighted by molar-refractivity contribution is 5.80. The van der Waals surface area contributed by atoms with Gasteiger partial charge in [0, 0.05) is 37.0 Å². The van der Waals surface area contributed by atoms with Crippen LogP contribution in [0.5, 0.6) is 0 Å². The van der Waals surface area contributed by atoms with Gasteiger partial charge >= 0.3 is 0 Å². The zero-order chi connectivity index (χ0) is 14.3. The van der Waals surface area contributed by atoms with Gasteiger partial charge in [-0.05, 0) is 24.3 Å². The molecule has 0 saturated heterocycles. The zero-order valence-electron chi connectivity index (χ0n) is 11.5. The van der Waals surface area contributed by atoms with Crippen LogP contribution in [0.3, 0.4) is 0 Å². The number of hydrogen-bond acceptors (Lipinski definition) is 3. The van der Waals surface area contributed by atoms with Gasteiger partial charge < -0.3 is 5.21 Å². The van der Waals surface area contributed by atoms with E-state index >= 15 is 0 Å². The molecule has 1 heterocycles. The van der Waals surface area contributed by atoms with Crippen molar-refractivity contribution in [1.82, 2.24) is 0 Å². The zero-order valence-corrected chi connectivity index (χ0v) is 11.5. The number of nitro groups is 1. The molecule has 2 aliphatic rings. The number of non-ortho nitro benzene ring substituents is 1. The Bertz CT molecular complexity index is 589. The molecule has 0 radical (unpaired) electrons. The Morgan fingerprint density at radius 3 is 2.70 bits per heavy atom. The molecule has 1 fully saturated rings. The van der Waals surface area contributed by atoms with E-state index in [1.165, 1.54) is 12.1 Å². The molecule has 0 amide bonds. The maximum atomic E-state index is 12.5. The van der Waals surface area contributed by atoms with Crippen LogP contribution in [0.25, 0.3) is 0 Å². The predicted molar refractivity (Wildman–Crippen MR) is 76.1 cm³/mol. The van der Waals surface area contributed by atoms with E-state index in [-0.39, 0.29) is 17.1 Å². The first kappa shape index (κ1) is 13.1. The van der Waals surface area contributed by atoms with Crippen LogP contribution in [0, 0.1) is 15.3 Å². The summed E-state index contributed by atoms with van der Waals surface area (Å²) in [6, 6.07) is 4.85. The molecule has 5 heteroatoms. The molecule has 0 aromatic heterocycles. The molecule has 1 atom stereocenters. The van der Waals surface area contributed by atoms with Gasteiger partial charge in [-0.15, -0.1) is 0 Å². The van der Waals surface area contributed by atoms with Crippen molar-refractivity contribution < 1.29 is 9.66 Å². The van der Waals surface area contributed by atoms with Crippen LogP contribution >= 0.6 is 0 Å². The second kappa shape index (κ2) is 4.58. The highest BCUT2D eigenvalue weighted by atomic mass is 16.6. The van der Waals surface area contributed by atoms with E-state index in [2.05, 4.69) is 6.92 Å². The van der Waals surface area contributed by atoms with Crippen molar-refractivity contribution in [3.8, 4) is 0 Å². The van der Waals surface area contributed by atoms with Crippen molar-refractivity contribution in [2.45, 2.75) is 50.5 Å². The molecule has 1 aromatic rings. The van der Waals surface area contributed by atoms with Crippen molar-refractivity contribution in [2.75, 3.05) is 0 Å². The number of hydrogen-bond donors (Lipinski definition) is 0. The Hall–Kier alpha value is -1.91. The third-order valence-electron chi connectivity index (χ3n) is 4.76. The summed E-state index contributed by atoms with van der Waals surface area (Å²) in [5.41, 5.74) is 1.49. The second-order valence-corrected chi connectivity index (χ2v) is 6.06. The van der Waals surface area contributed by atoms with E-state index in [0.717, 1.165) is 42.4 Å². The van der Waals surface area contributed by atoms with Crippen LogP contribution in [-0.2, 0) is 0 Å². The van der Waals surface area contributed by atoms with Gasteiger partial charge in [-0.2, -0.15) is 0 Å². The smallest absolute Gasteiger partial charge is 0.270 e. The fourth-order valence-electron chi connectivity index (χ4n) is 3.73. The van der Waals surface area contributed by atoms with E-state index in [4.69, 9.17) is 0 Å². The summed E-state index contributed by atoms with van der Waals surface area (Å²) >= 11 is 0. The first-order chi connectivity index (χ1) is 9.52. The van der Waals surface area contributed by atoms with Gasteiger partial charge in [-0.25, -0.2) is 4.74 Å². The van der Waals surface area contributed by atoms with Crippen molar-refractivity contribution in [3.63, 3.8) is 0 Å². The summed E-state index contributed by atoms with van der Waals surface area (Å²) in [6.07, 6.45) is 6.43. The molecule has 1 aliphatic carbocycles. The average Bonchev–Trinajstić information content (AvgIpc) is 2.84. The highest BCUT2D eigenvalue weighted by Crippen LogP contribution is 2.42. The molecular formula is C15H18N2O3. The van der Waals surface area contributed by atoms with E-state index in [9.17, 15) is 15.3 Å². The SMILES string of the molecule is CC1CC2(CCCC2)[N+]([O-])=Cc2cc([N+](=O)[O-])ccc21. The lowest BCUT2D eigenvalue weighted by Gasteiger charge is -2.28. The Balaban J connectivity index is 2.09. The standard InChI is InChI=1S/C15H18N2O3/c1-11-9-15(6-2-3-7-15)16(18)10-12-8-13(17(19)20)4-5-14(11)12/h4-5,8,10-11H,2-3,6-7,9H2,1H3. The summed E-state index contributed by atoms with van der Waals surface area (Å²) in [5.74, 6) is 0.249. The Morgan fingerprint density at radius 2 is 2.05 bits per heavy atom. The normalized spacial score (nSPS) is 24.1.